The molecule has 1 rings (SSSR count). The van der Waals surface area contributed by atoms with Crippen LogP contribution in [0.2, 0.25) is 0 Å². The molecule has 0 bridgehead atoms. The van der Waals surface area contributed by atoms with Crippen LogP contribution in [0.5, 0.6) is 0 Å². The Balaban J connectivity index is 2.54. The van der Waals surface area contributed by atoms with E-state index >= 15 is 0 Å². The van der Waals surface area contributed by atoms with Gasteiger partial charge in [0.2, 0.25) is 0 Å². The summed E-state index contributed by atoms with van der Waals surface area (Å²) in [6.45, 7) is 4.04. The number of rotatable bonds is 10. The van der Waals surface area contributed by atoms with Crippen molar-refractivity contribution in [2.45, 2.75) is 38.8 Å². The van der Waals surface area contributed by atoms with Gasteiger partial charge in [-0.05, 0) is 38.7 Å². The smallest absolute Gasteiger partial charge is 0.336 e. The number of aryl methyl sites for hydroxylation is 1. The lowest BCUT2D eigenvalue weighted by Gasteiger charge is -2.24. The summed E-state index contributed by atoms with van der Waals surface area (Å²) in [5, 5.41) is 9.48. The summed E-state index contributed by atoms with van der Waals surface area (Å²) in [6.07, 6.45) is 2.37. The topological polar surface area (TPSA) is 55.8 Å². The Hall–Kier alpha value is -0.670. The number of aliphatic hydroxyl groups is 1. The van der Waals surface area contributed by atoms with E-state index in [0.29, 0.717) is 19.6 Å². The van der Waals surface area contributed by atoms with Crippen LogP contribution in [-0.2, 0) is 20.0 Å². The molecule has 0 saturated carbocycles. The predicted octanol–water partition coefficient (Wildman–Crippen LogP) is 3.64. The third-order valence-electron chi connectivity index (χ3n) is 3.12. The van der Waals surface area contributed by atoms with E-state index in [4.69, 9.17) is 9.05 Å². The van der Waals surface area contributed by atoms with E-state index in [9.17, 15) is 9.67 Å². The lowest BCUT2D eigenvalue weighted by atomic mass is 10.1. The average Bonchev–Trinajstić information content (AvgIpc) is 2.45. The fourth-order valence-corrected chi connectivity index (χ4v) is 4.06. The monoisotopic (exact) mass is 300 g/mol. The highest BCUT2D eigenvalue weighted by Gasteiger charge is 2.34. The second-order valence-electron chi connectivity index (χ2n) is 4.59. The van der Waals surface area contributed by atoms with Gasteiger partial charge in [-0.2, -0.15) is 0 Å². The predicted molar refractivity (Wildman–Crippen MR) is 81.1 cm³/mol. The highest BCUT2D eigenvalue weighted by Crippen LogP contribution is 2.54. The number of aliphatic hydroxyl groups excluding tert-OH is 1. The molecule has 0 aliphatic heterocycles. The van der Waals surface area contributed by atoms with Gasteiger partial charge in [-0.1, -0.05) is 30.3 Å². The maximum absolute atomic E-state index is 12.6. The van der Waals surface area contributed by atoms with Crippen molar-refractivity contribution in [3.05, 3.63) is 35.9 Å². The summed E-state index contributed by atoms with van der Waals surface area (Å²) in [4.78, 5) is 0. The molecular formula is C15H25O4P. The van der Waals surface area contributed by atoms with E-state index in [-0.39, 0.29) is 6.61 Å². The normalized spacial score (nSPS) is 13.3. The molecule has 1 atom stereocenters. The first kappa shape index (κ1) is 17.4. The molecule has 4 nitrogen and oxygen atoms in total. The van der Waals surface area contributed by atoms with Gasteiger partial charge in [0.05, 0.1) is 25.5 Å². The van der Waals surface area contributed by atoms with Crippen LogP contribution in [0.15, 0.2) is 30.3 Å². The minimum atomic E-state index is -3.20. The van der Waals surface area contributed by atoms with Crippen LogP contribution in [0.25, 0.3) is 0 Å². The van der Waals surface area contributed by atoms with Gasteiger partial charge in [0.15, 0.2) is 0 Å². The zero-order valence-electron chi connectivity index (χ0n) is 12.3. The van der Waals surface area contributed by atoms with E-state index in [1.54, 1.807) is 13.8 Å². The van der Waals surface area contributed by atoms with Crippen molar-refractivity contribution in [2.75, 3.05) is 19.8 Å². The van der Waals surface area contributed by atoms with Gasteiger partial charge in [0, 0.05) is 0 Å². The molecule has 0 aliphatic rings. The first-order valence-electron chi connectivity index (χ1n) is 7.19. The van der Waals surface area contributed by atoms with Gasteiger partial charge >= 0.3 is 7.60 Å². The molecule has 0 aromatic heterocycles. The Labute approximate surface area is 121 Å². The Morgan fingerprint density at radius 2 is 1.75 bits per heavy atom. The molecule has 20 heavy (non-hydrogen) atoms. The lowest BCUT2D eigenvalue weighted by Crippen LogP contribution is -2.18. The molecule has 1 N–H and O–H groups in total. The van der Waals surface area contributed by atoms with Crippen molar-refractivity contribution in [2.24, 2.45) is 0 Å². The fraction of sp³-hybridized carbons (Fsp3) is 0.600. The molecule has 1 aromatic carbocycles. The van der Waals surface area contributed by atoms with E-state index < -0.39 is 13.3 Å². The summed E-state index contributed by atoms with van der Waals surface area (Å²) >= 11 is 0. The van der Waals surface area contributed by atoms with Crippen molar-refractivity contribution >= 4 is 7.60 Å². The Bertz CT molecular complexity index is 398. The number of hydrogen-bond acceptors (Lipinski definition) is 4. The third-order valence-corrected chi connectivity index (χ3v) is 5.67. The van der Waals surface area contributed by atoms with Crippen LogP contribution in [0, 0.1) is 0 Å². The molecule has 0 heterocycles. The molecule has 0 aliphatic carbocycles. The first-order valence-corrected chi connectivity index (χ1v) is 8.81. The number of benzene rings is 1. The van der Waals surface area contributed by atoms with Gasteiger partial charge < -0.3 is 14.2 Å². The van der Waals surface area contributed by atoms with Gasteiger partial charge in [-0.3, -0.25) is 4.57 Å². The largest absolute Gasteiger partial charge is 0.395 e. The molecule has 1 aromatic rings. The third kappa shape index (κ3) is 5.37. The molecular weight excluding hydrogens is 275 g/mol. The van der Waals surface area contributed by atoms with Crippen LogP contribution < -0.4 is 0 Å². The highest BCUT2D eigenvalue weighted by atomic mass is 31.2. The Morgan fingerprint density at radius 1 is 1.15 bits per heavy atom. The quantitative estimate of drug-likeness (QED) is 0.670. The van der Waals surface area contributed by atoms with Crippen LogP contribution in [0.3, 0.4) is 0 Å². The van der Waals surface area contributed by atoms with Crippen LogP contribution in [0.4, 0.5) is 0 Å². The minimum absolute atomic E-state index is 0.175. The molecule has 0 saturated heterocycles. The zero-order valence-corrected chi connectivity index (χ0v) is 13.2. The maximum atomic E-state index is 12.6. The van der Waals surface area contributed by atoms with E-state index in [0.717, 1.165) is 12.8 Å². The van der Waals surface area contributed by atoms with E-state index in [2.05, 4.69) is 12.1 Å². The van der Waals surface area contributed by atoms with Crippen molar-refractivity contribution in [3.63, 3.8) is 0 Å². The molecule has 114 valence electrons. The lowest BCUT2D eigenvalue weighted by molar-refractivity contribution is 0.191. The van der Waals surface area contributed by atoms with Crippen LogP contribution in [-0.4, -0.2) is 30.6 Å². The average molecular weight is 300 g/mol. The second-order valence-corrected chi connectivity index (χ2v) is 6.92. The summed E-state index contributed by atoms with van der Waals surface area (Å²) in [6, 6.07) is 10.1. The Kier molecular flexibility index (Phi) is 8.08. The summed E-state index contributed by atoms with van der Waals surface area (Å²) in [5.74, 6) is 0. The summed E-state index contributed by atoms with van der Waals surface area (Å²) < 4.78 is 23.2. The first-order chi connectivity index (χ1) is 9.66. The van der Waals surface area contributed by atoms with Gasteiger partial charge in [0.25, 0.3) is 0 Å². The molecule has 0 amide bonds. The summed E-state index contributed by atoms with van der Waals surface area (Å²) in [7, 11) is -3.20. The standard InChI is InChI=1S/C15H25O4P/c1-3-18-20(17,19-4-2)15(13-16)12-8-11-14-9-6-5-7-10-14/h5-7,9-10,15-16H,3-4,8,11-13H2,1-2H3. The number of hydrogen-bond donors (Lipinski definition) is 1. The molecule has 0 fully saturated rings. The van der Waals surface area contributed by atoms with Gasteiger partial charge in [-0.25, -0.2) is 0 Å². The van der Waals surface area contributed by atoms with Crippen molar-refractivity contribution in [3.8, 4) is 0 Å². The van der Waals surface area contributed by atoms with Crippen molar-refractivity contribution in [1.82, 2.24) is 0 Å². The SMILES string of the molecule is CCOP(=O)(OCC)C(CO)CCCc1ccccc1. The van der Waals surface area contributed by atoms with Crippen molar-refractivity contribution in [1.29, 1.82) is 0 Å². The van der Waals surface area contributed by atoms with Gasteiger partial charge in [-0.15, -0.1) is 0 Å². The molecule has 5 heteroatoms. The molecule has 1 unspecified atom stereocenters. The Morgan fingerprint density at radius 3 is 2.25 bits per heavy atom. The van der Waals surface area contributed by atoms with E-state index in [1.165, 1.54) is 5.56 Å². The molecule has 0 spiro atoms. The van der Waals surface area contributed by atoms with Crippen LogP contribution in [0.1, 0.15) is 32.3 Å². The molecule has 0 radical (unpaired) electrons. The second kappa shape index (κ2) is 9.30. The highest BCUT2D eigenvalue weighted by molar-refractivity contribution is 7.54. The van der Waals surface area contributed by atoms with Crippen molar-refractivity contribution < 1.29 is 18.7 Å². The minimum Gasteiger partial charge on any atom is -0.395 e. The maximum Gasteiger partial charge on any atom is 0.336 e. The van der Waals surface area contributed by atoms with Crippen LogP contribution >= 0.6 is 7.60 Å². The fourth-order valence-electron chi connectivity index (χ4n) is 2.14. The van der Waals surface area contributed by atoms with E-state index in [1.807, 2.05) is 18.2 Å². The summed E-state index contributed by atoms with van der Waals surface area (Å²) in [5.41, 5.74) is 0.804. The van der Waals surface area contributed by atoms with Gasteiger partial charge in [0.1, 0.15) is 0 Å². The zero-order chi connectivity index (χ0) is 14.8.